The van der Waals surface area contributed by atoms with Crippen LogP contribution in [0.1, 0.15) is 22.0 Å². The molecular formula is C10H13N4O4S2+. The molecule has 10 heteroatoms. The van der Waals surface area contributed by atoms with Gasteiger partial charge in [0, 0.05) is 22.4 Å². The SMILES string of the molecule is NCC(O[n+]1csc(C(O)C[N+](=O)[O-])c1)c1cncs1. The van der Waals surface area contributed by atoms with Crippen LogP contribution in [0.25, 0.3) is 0 Å². The molecule has 0 aliphatic carbocycles. The van der Waals surface area contributed by atoms with Crippen LogP contribution in [0.5, 0.6) is 0 Å². The molecule has 0 aromatic carbocycles. The maximum atomic E-state index is 10.4. The van der Waals surface area contributed by atoms with Gasteiger partial charge in [0.25, 0.3) is 5.51 Å². The first-order valence-electron chi connectivity index (χ1n) is 5.65. The van der Waals surface area contributed by atoms with E-state index in [4.69, 9.17) is 10.6 Å². The zero-order valence-electron chi connectivity index (χ0n) is 10.3. The first kappa shape index (κ1) is 14.8. The average Bonchev–Trinajstić information content (AvgIpc) is 3.06. The molecule has 108 valence electrons. The summed E-state index contributed by atoms with van der Waals surface area (Å²) in [7, 11) is 0. The van der Waals surface area contributed by atoms with Gasteiger partial charge in [-0.1, -0.05) is 11.3 Å². The Kier molecular flexibility index (Phi) is 4.95. The monoisotopic (exact) mass is 317 g/mol. The molecule has 0 spiro atoms. The topological polar surface area (TPSA) is 115 Å². The Morgan fingerprint density at radius 1 is 1.55 bits per heavy atom. The van der Waals surface area contributed by atoms with Crippen LogP contribution in [0.4, 0.5) is 0 Å². The molecule has 3 N–H and O–H groups in total. The van der Waals surface area contributed by atoms with Crippen molar-refractivity contribution in [3.05, 3.63) is 43.3 Å². The standard InChI is InChI=1S/C10H13N4O4S2/c11-1-8(9-2-12-5-19-9)18-13-4-10(20-6-13)7(15)3-14(16)17/h2,4-8,15H,1,3,11H2/q+1. The molecule has 0 radical (unpaired) electrons. The predicted octanol–water partition coefficient (Wildman–Crippen LogP) is -0.0692. The summed E-state index contributed by atoms with van der Waals surface area (Å²) in [6.45, 7) is -0.256. The first-order valence-corrected chi connectivity index (χ1v) is 7.41. The van der Waals surface area contributed by atoms with Gasteiger partial charge in [-0.3, -0.25) is 19.9 Å². The highest BCUT2D eigenvalue weighted by molar-refractivity contribution is 7.09. The summed E-state index contributed by atoms with van der Waals surface area (Å²) in [6, 6.07) is 0. The van der Waals surface area contributed by atoms with Crippen LogP contribution in [0.3, 0.4) is 0 Å². The molecule has 0 bridgehead atoms. The molecule has 0 fully saturated rings. The van der Waals surface area contributed by atoms with E-state index >= 15 is 0 Å². The fourth-order valence-electron chi connectivity index (χ4n) is 1.49. The Balaban J connectivity index is 2.03. The van der Waals surface area contributed by atoms with Gasteiger partial charge in [0.2, 0.25) is 18.8 Å². The second-order valence-corrected chi connectivity index (χ2v) is 5.72. The van der Waals surface area contributed by atoms with Crippen molar-refractivity contribution in [1.82, 2.24) is 4.98 Å². The number of aliphatic hydroxyl groups excluding tert-OH is 1. The van der Waals surface area contributed by atoms with Crippen LogP contribution in [0.2, 0.25) is 0 Å². The Morgan fingerprint density at radius 2 is 2.35 bits per heavy atom. The molecule has 0 saturated carbocycles. The zero-order chi connectivity index (χ0) is 14.5. The molecule has 2 atom stereocenters. The molecular weight excluding hydrogens is 304 g/mol. The number of thiazole rings is 2. The Hall–Kier alpha value is -1.62. The highest BCUT2D eigenvalue weighted by Gasteiger charge is 2.24. The molecule has 0 saturated heterocycles. The van der Waals surface area contributed by atoms with Crippen LogP contribution in [-0.2, 0) is 0 Å². The number of rotatable bonds is 7. The second kappa shape index (κ2) is 6.70. The molecule has 0 aliphatic rings. The van der Waals surface area contributed by atoms with Gasteiger partial charge < -0.3 is 10.8 Å². The molecule has 2 aromatic rings. The van der Waals surface area contributed by atoms with E-state index in [1.165, 1.54) is 33.6 Å². The summed E-state index contributed by atoms with van der Waals surface area (Å²) in [4.78, 5) is 20.7. The third kappa shape index (κ3) is 3.70. The number of hydrogen-bond donors (Lipinski definition) is 2. The van der Waals surface area contributed by atoms with Crippen LogP contribution >= 0.6 is 22.7 Å². The van der Waals surface area contributed by atoms with Gasteiger partial charge in [0.15, 0.2) is 6.10 Å². The molecule has 0 aliphatic heterocycles. The summed E-state index contributed by atoms with van der Waals surface area (Å²) in [5.41, 5.74) is 8.95. The van der Waals surface area contributed by atoms with Crippen molar-refractivity contribution in [2.45, 2.75) is 12.2 Å². The molecule has 2 unspecified atom stereocenters. The third-order valence-electron chi connectivity index (χ3n) is 2.43. The van der Waals surface area contributed by atoms with Crippen molar-refractivity contribution in [3.8, 4) is 0 Å². The lowest BCUT2D eigenvalue weighted by atomic mass is 10.3. The molecule has 0 amide bonds. The van der Waals surface area contributed by atoms with E-state index in [1.807, 2.05) is 0 Å². The predicted molar refractivity (Wildman–Crippen MR) is 71.8 cm³/mol. The minimum Gasteiger partial charge on any atom is -0.380 e. The van der Waals surface area contributed by atoms with E-state index in [0.29, 0.717) is 4.88 Å². The van der Waals surface area contributed by atoms with E-state index in [-0.39, 0.29) is 12.6 Å². The van der Waals surface area contributed by atoms with Crippen LogP contribution < -0.4 is 15.3 Å². The van der Waals surface area contributed by atoms with Gasteiger partial charge >= 0.3 is 0 Å². The smallest absolute Gasteiger partial charge is 0.277 e. The summed E-state index contributed by atoms with van der Waals surface area (Å²) in [6.07, 6.45) is 1.71. The third-order valence-corrected chi connectivity index (χ3v) is 4.26. The fourth-order valence-corrected chi connectivity index (χ4v) is 2.88. The highest BCUT2D eigenvalue weighted by Crippen LogP contribution is 2.18. The fraction of sp³-hybridized carbons (Fsp3) is 0.400. The van der Waals surface area contributed by atoms with E-state index in [9.17, 15) is 15.2 Å². The minimum absolute atomic E-state index is 0.276. The summed E-state index contributed by atoms with van der Waals surface area (Å²) >= 11 is 2.61. The van der Waals surface area contributed by atoms with Crippen molar-refractivity contribution < 1.29 is 19.6 Å². The molecule has 8 nitrogen and oxygen atoms in total. The number of aromatic nitrogens is 2. The zero-order valence-corrected chi connectivity index (χ0v) is 11.9. The molecule has 2 rings (SSSR count). The summed E-state index contributed by atoms with van der Waals surface area (Å²) in [5.74, 6) is 0. The quantitative estimate of drug-likeness (QED) is 0.419. The Labute approximate surface area is 122 Å². The largest absolute Gasteiger partial charge is 0.380 e. The molecule has 20 heavy (non-hydrogen) atoms. The van der Waals surface area contributed by atoms with E-state index in [0.717, 1.165) is 4.88 Å². The maximum absolute atomic E-state index is 10.4. The number of hydrogen-bond acceptors (Lipinski definition) is 8. The van der Waals surface area contributed by atoms with Gasteiger partial charge in [0.1, 0.15) is 4.88 Å². The normalized spacial score (nSPS) is 13.9. The van der Waals surface area contributed by atoms with Crippen LogP contribution in [-0.4, -0.2) is 28.1 Å². The van der Waals surface area contributed by atoms with E-state index in [1.54, 1.807) is 17.2 Å². The average molecular weight is 317 g/mol. The highest BCUT2D eigenvalue weighted by atomic mass is 32.1. The van der Waals surface area contributed by atoms with E-state index in [2.05, 4.69) is 4.98 Å². The van der Waals surface area contributed by atoms with Gasteiger partial charge in [-0.2, -0.15) is 0 Å². The number of nitrogens with zero attached hydrogens (tertiary/aromatic N) is 3. The van der Waals surface area contributed by atoms with Crippen molar-refractivity contribution >= 4 is 22.7 Å². The van der Waals surface area contributed by atoms with Crippen LogP contribution in [0.15, 0.2) is 23.4 Å². The lowest BCUT2D eigenvalue weighted by Crippen LogP contribution is -2.44. The lowest BCUT2D eigenvalue weighted by Gasteiger charge is -2.06. The lowest BCUT2D eigenvalue weighted by molar-refractivity contribution is -0.897. The number of nitrogens with two attached hydrogens (primary N) is 1. The number of nitro groups is 1. The van der Waals surface area contributed by atoms with Crippen molar-refractivity contribution in [2.75, 3.05) is 13.1 Å². The van der Waals surface area contributed by atoms with Gasteiger partial charge in [-0.05, 0) is 0 Å². The van der Waals surface area contributed by atoms with Crippen molar-refractivity contribution in [3.63, 3.8) is 0 Å². The number of aliphatic hydroxyl groups is 1. The summed E-state index contributed by atoms with van der Waals surface area (Å²) in [5, 5.41) is 20.0. The van der Waals surface area contributed by atoms with Gasteiger partial charge in [-0.15, -0.1) is 11.3 Å². The van der Waals surface area contributed by atoms with Gasteiger partial charge in [0.05, 0.1) is 10.4 Å². The second-order valence-electron chi connectivity index (χ2n) is 3.88. The summed E-state index contributed by atoms with van der Waals surface area (Å²) < 4.78 is 1.40. The Bertz CT molecular complexity index is 559. The van der Waals surface area contributed by atoms with Crippen molar-refractivity contribution in [2.24, 2.45) is 5.73 Å². The van der Waals surface area contributed by atoms with Gasteiger partial charge in [-0.25, -0.2) is 0 Å². The maximum Gasteiger partial charge on any atom is 0.277 e. The molecule has 2 heterocycles. The van der Waals surface area contributed by atoms with Crippen molar-refractivity contribution in [1.29, 1.82) is 0 Å². The minimum atomic E-state index is -1.14. The van der Waals surface area contributed by atoms with Crippen LogP contribution in [0, 0.1) is 10.1 Å². The first-order chi connectivity index (χ1) is 9.60. The molecule has 2 aromatic heterocycles. The Morgan fingerprint density at radius 3 is 2.95 bits per heavy atom. The van der Waals surface area contributed by atoms with E-state index < -0.39 is 17.6 Å².